The molecule has 0 spiro atoms. The molecule has 0 aromatic carbocycles. The van der Waals surface area contributed by atoms with Crippen molar-refractivity contribution in [1.29, 1.82) is 0 Å². The minimum absolute atomic E-state index is 0.139. The summed E-state index contributed by atoms with van der Waals surface area (Å²) in [5.41, 5.74) is 1.77. The summed E-state index contributed by atoms with van der Waals surface area (Å²) in [5.74, 6) is -0.187. The van der Waals surface area contributed by atoms with Gasteiger partial charge in [0.15, 0.2) is 0 Å². The summed E-state index contributed by atoms with van der Waals surface area (Å²) < 4.78 is 3.24. The quantitative estimate of drug-likeness (QED) is 0.587. The van der Waals surface area contributed by atoms with E-state index in [0.29, 0.717) is 6.54 Å². The van der Waals surface area contributed by atoms with E-state index in [1.165, 1.54) is 10.9 Å². The Morgan fingerprint density at radius 3 is 2.52 bits per heavy atom. The van der Waals surface area contributed by atoms with Crippen LogP contribution in [-0.4, -0.2) is 42.3 Å². The Labute approximate surface area is 146 Å². The topological polar surface area (TPSA) is 99.1 Å². The summed E-state index contributed by atoms with van der Waals surface area (Å²) >= 11 is 0. The number of nitrogens with zero attached hydrogens (tertiary/aromatic N) is 6. The molecule has 0 fully saturated rings. The van der Waals surface area contributed by atoms with Crippen LogP contribution in [0, 0.1) is 24.0 Å². The number of carbonyl (C=O) groups excluding carboxylic acids is 1. The molecule has 2 heterocycles. The van der Waals surface area contributed by atoms with Gasteiger partial charge in [-0.1, -0.05) is 0 Å². The van der Waals surface area contributed by atoms with Gasteiger partial charge < -0.3 is 4.90 Å². The Morgan fingerprint density at radius 1 is 1.40 bits per heavy atom. The maximum Gasteiger partial charge on any atom is 0.307 e. The Bertz CT molecular complexity index is 805. The fraction of sp³-hybridized carbons (Fsp3) is 0.562. The molecular weight excluding hydrogens is 324 g/mol. The van der Waals surface area contributed by atoms with Crippen molar-refractivity contribution < 1.29 is 9.72 Å². The van der Waals surface area contributed by atoms with E-state index >= 15 is 0 Å². The van der Waals surface area contributed by atoms with Crippen molar-refractivity contribution >= 4 is 11.6 Å². The van der Waals surface area contributed by atoms with E-state index in [2.05, 4.69) is 10.2 Å². The van der Waals surface area contributed by atoms with Gasteiger partial charge in [-0.3, -0.25) is 24.3 Å². The van der Waals surface area contributed by atoms with Gasteiger partial charge in [0.25, 0.3) is 0 Å². The van der Waals surface area contributed by atoms with Gasteiger partial charge >= 0.3 is 5.69 Å². The number of hydrogen-bond acceptors (Lipinski definition) is 5. The van der Waals surface area contributed by atoms with Crippen LogP contribution in [0.4, 0.5) is 5.69 Å². The zero-order valence-electron chi connectivity index (χ0n) is 15.5. The van der Waals surface area contributed by atoms with E-state index < -0.39 is 10.5 Å². The molecule has 2 aromatic rings. The molecule has 0 radical (unpaired) electrons. The average Bonchev–Trinajstić information content (AvgIpc) is 3.15. The van der Waals surface area contributed by atoms with Gasteiger partial charge in [-0.15, -0.1) is 0 Å². The number of likely N-dealkylation sites (N-methyl/N-ethyl adjacent to an activating group) is 1. The molecule has 136 valence electrons. The lowest BCUT2D eigenvalue weighted by Gasteiger charge is -2.29. The van der Waals surface area contributed by atoms with E-state index in [0.717, 1.165) is 29.7 Å². The van der Waals surface area contributed by atoms with Crippen molar-refractivity contribution in [2.24, 2.45) is 0 Å². The summed E-state index contributed by atoms with van der Waals surface area (Å²) in [6, 6.07) is 0. The molecule has 0 unspecified atom stereocenters. The second kappa shape index (κ2) is 6.66. The van der Waals surface area contributed by atoms with Crippen molar-refractivity contribution in [3.8, 4) is 0 Å². The first-order valence-electron chi connectivity index (χ1n) is 8.07. The SMILES string of the molecule is CCn1nc(C)c(CN(C)C(=O)C(C)(C)n2cc([N+](=O)[O-])cn2)c1C. The van der Waals surface area contributed by atoms with Crippen LogP contribution in [0.2, 0.25) is 0 Å². The second-order valence-electron chi connectivity index (χ2n) is 6.59. The normalized spacial score (nSPS) is 11.6. The molecule has 0 bridgehead atoms. The minimum Gasteiger partial charge on any atom is -0.339 e. The van der Waals surface area contributed by atoms with Gasteiger partial charge in [0, 0.05) is 31.4 Å². The van der Waals surface area contributed by atoms with Gasteiger partial charge in [-0.05, 0) is 34.6 Å². The van der Waals surface area contributed by atoms with E-state index in [-0.39, 0.29) is 11.6 Å². The fourth-order valence-corrected chi connectivity index (χ4v) is 2.86. The van der Waals surface area contributed by atoms with Crippen LogP contribution in [0.3, 0.4) is 0 Å². The molecule has 9 heteroatoms. The molecule has 9 nitrogen and oxygen atoms in total. The molecule has 0 aliphatic carbocycles. The molecule has 2 aromatic heterocycles. The maximum atomic E-state index is 12.9. The van der Waals surface area contributed by atoms with Crippen LogP contribution >= 0.6 is 0 Å². The van der Waals surface area contributed by atoms with E-state index in [9.17, 15) is 14.9 Å². The van der Waals surface area contributed by atoms with Gasteiger partial charge in [-0.2, -0.15) is 10.2 Å². The summed E-state index contributed by atoms with van der Waals surface area (Å²) in [6.07, 6.45) is 2.42. The molecule has 25 heavy (non-hydrogen) atoms. The highest BCUT2D eigenvalue weighted by Gasteiger charge is 2.35. The zero-order valence-corrected chi connectivity index (χ0v) is 15.5. The third-order valence-corrected chi connectivity index (χ3v) is 4.45. The highest BCUT2D eigenvalue weighted by molar-refractivity contribution is 5.83. The Hall–Kier alpha value is -2.71. The predicted octanol–water partition coefficient (Wildman–Crippen LogP) is 2.02. The first kappa shape index (κ1) is 18.6. The van der Waals surface area contributed by atoms with Gasteiger partial charge in [0.2, 0.25) is 5.91 Å². The van der Waals surface area contributed by atoms with E-state index in [4.69, 9.17) is 0 Å². The maximum absolute atomic E-state index is 12.9. The van der Waals surface area contributed by atoms with Crippen molar-refractivity contribution in [1.82, 2.24) is 24.5 Å². The summed E-state index contributed by atoms with van der Waals surface area (Å²) in [4.78, 5) is 24.8. The Kier molecular flexibility index (Phi) is 4.96. The molecule has 0 saturated carbocycles. The van der Waals surface area contributed by atoms with Crippen molar-refractivity contribution in [3.05, 3.63) is 39.5 Å². The van der Waals surface area contributed by atoms with Crippen LogP contribution in [0.25, 0.3) is 0 Å². The monoisotopic (exact) mass is 348 g/mol. The third-order valence-electron chi connectivity index (χ3n) is 4.45. The number of aryl methyl sites for hydroxylation is 2. The highest BCUT2D eigenvalue weighted by Crippen LogP contribution is 2.23. The smallest absolute Gasteiger partial charge is 0.307 e. The number of carbonyl (C=O) groups is 1. The first-order chi connectivity index (χ1) is 11.6. The van der Waals surface area contributed by atoms with Crippen molar-refractivity contribution in [3.63, 3.8) is 0 Å². The second-order valence-corrected chi connectivity index (χ2v) is 6.59. The number of amides is 1. The van der Waals surface area contributed by atoms with Crippen LogP contribution in [0.1, 0.15) is 37.7 Å². The van der Waals surface area contributed by atoms with E-state index in [1.807, 2.05) is 25.5 Å². The van der Waals surface area contributed by atoms with Gasteiger partial charge in [-0.25, -0.2) is 0 Å². The highest BCUT2D eigenvalue weighted by atomic mass is 16.6. The number of rotatable bonds is 6. The van der Waals surface area contributed by atoms with Crippen molar-refractivity contribution in [2.75, 3.05) is 7.05 Å². The molecule has 0 N–H and O–H groups in total. The Balaban J connectivity index is 2.23. The standard InChI is InChI=1S/C16H24N6O3/c1-7-20-12(3)14(11(2)18-20)10-19(6)15(23)16(4,5)21-9-13(8-17-21)22(24)25/h8-9H,7,10H2,1-6H3. The molecule has 0 aliphatic rings. The third kappa shape index (κ3) is 3.40. The van der Waals surface area contributed by atoms with Crippen LogP contribution in [0.15, 0.2) is 12.4 Å². The lowest BCUT2D eigenvalue weighted by molar-refractivity contribution is -0.385. The van der Waals surface area contributed by atoms with Crippen LogP contribution in [0.5, 0.6) is 0 Å². The number of nitro groups is 1. The fourth-order valence-electron chi connectivity index (χ4n) is 2.86. The molecule has 0 saturated heterocycles. The lowest BCUT2D eigenvalue weighted by atomic mass is 10.0. The van der Waals surface area contributed by atoms with E-state index in [1.54, 1.807) is 25.8 Å². The lowest BCUT2D eigenvalue weighted by Crippen LogP contribution is -2.45. The first-order valence-corrected chi connectivity index (χ1v) is 8.07. The molecule has 1 amide bonds. The van der Waals surface area contributed by atoms with Gasteiger partial charge in [0.05, 0.1) is 10.6 Å². The van der Waals surface area contributed by atoms with Crippen molar-refractivity contribution in [2.45, 2.75) is 53.2 Å². The summed E-state index contributed by atoms with van der Waals surface area (Å²) in [5, 5.41) is 19.3. The predicted molar refractivity (Wildman–Crippen MR) is 92.1 cm³/mol. The average molecular weight is 348 g/mol. The summed E-state index contributed by atoms with van der Waals surface area (Å²) in [7, 11) is 1.71. The number of hydrogen-bond donors (Lipinski definition) is 0. The van der Waals surface area contributed by atoms with Crippen LogP contribution < -0.4 is 0 Å². The molecule has 0 atom stereocenters. The zero-order chi connectivity index (χ0) is 18.9. The summed E-state index contributed by atoms with van der Waals surface area (Å²) in [6.45, 7) is 10.5. The molecular formula is C16H24N6O3. The largest absolute Gasteiger partial charge is 0.339 e. The van der Waals surface area contributed by atoms with Gasteiger partial charge in [0.1, 0.15) is 17.9 Å². The minimum atomic E-state index is -1.04. The molecule has 2 rings (SSSR count). The number of aromatic nitrogens is 4. The molecule has 0 aliphatic heterocycles. The Morgan fingerprint density at radius 2 is 2.04 bits per heavy atom. The van der Waals surface area contributed by atoms with Crippen LogP contribution in [-0.2, 0) is 23.4 Å².